The van der Waals surface area contributed by atoms with Gasteiger partial charge in [-0.1, -0.05) is 31.0 Å². The van der Waals surface area contributed by atoms with Crippen molar-refractivity contribution in [3.63, 3.8) is 0 Å². The van der Waals surface area contributed by atoms with Gasteiger partial charge in [0.15, 0.2) is 5.11 Å². The Hall–Kier alpha value is -2.66. The number of hydrogen-bond donors (Lipinski definition) is 1. The minimum absolute atomic E-state index is 0.0173. The van der Waals surface area contributed by atoms with Crippen LogP contribution >= 0.6 is 12.2 Å². The number of aromatic nitrogens is 2. The van der Waals surface area contributed by atoms with Crippen LogP contribution in [0.3, 0.4) is 0 Å². The lowest BCUT2D eigenvalue weighted by Crippen LogP contribution is -2.29. The molecule has 1 aromatic carbocycles. The van der Waals surface area contributed by atoms with E-state index in [2.05, 4.69) is 75.5 Å². The van der Waals surface area contributed by atoms with Crippen molar-refractivity contribution in [2.24, 2.45) is 0 Å². The smallest absolute Gasteiger partial charge is 0.174 e. The first-order valence-corrected chi connectivity index (χ1v) is 10.9. The standard InChI is InChI=1S/C24H26N4S/c1-17-7-6-10-20(15-17)28-23(18-12-14-27(16-18)19-8-2-3-9-19)22(26-24(28)29)21-11-4-5-13-25-21/h4-7,10-16,19,22-23H,2-3,8-9H2,1H3,(H,26,29)/t22-,23+/m1/s1. The molecule has 1 aliphatic heterocycles. The van der Waals surface area contributed by atoms with Crippen LogP contribution in [0, 0.1) is 6.92 Å². The summed E-state index contributed by atoms with van der Waals surface area (Å²) in [6.45, 7) is 2.12. The van der Waals surface area contributed by atoms with Crippen molar-refractivity contribution in [3.05, 3.63) is 83.9 Å². The molecule has 2 aromatic heterocycles. The van der Waals surface area contributed by atoms with Gasteiger partial charge in [-0.2, -0.15) is 0 Å². The Bertz CT molecular complexity index is 1010. The number of benzene rings is 1. The van der Waals surface area contributed by atoms with Crippen molar-refractivity contribution < 1.29 is 0 Å². The van der Waals surface area contributed by atoms with Gasteiger partial charge in [0.25, 0.3) is 0 Å². The monoisotopic (exact) mass is 402 g/mol. The molecule has 0 bridgehead atoms. The van der Waals surface area contributed by atoms with E-state index in [1.807, 2.05) is 18.3 Å². The normalized spacial score (nSPS) is 22.2. The maximum Gasteiger partial charge on any atom is 0.174 e. The van der Waals surface area contributed by atoms with E-state index in [0.717, 1.165) is 16.5 Å². The fraction of sp³-hybridized carbons (Fsp3) is 0.333. The van der Waals surface area contributed by atoms with E-state index in [-0.39, 0.29) is 12.1 Å². The SMILES string of the molecule is Cc1cccc(N2C(=S)N[C@H](c3ccccn3)[C@@H]2c2ccn(C3CCCC3)c2)c1. The largest absolute Gasteiger partial charge is 0.351 e. The van der Waals surface area contributed by atoms with Crippen LogP contribution in [0.15, 0.2) is 67.1 Å². The van der Waals surface area contributed by atoms with E-state index in [1.54, 1.807) is 0 Å². The number of nitrogens with one attached hydrogen (secondary N) is 1. The number of nitrogens with zero attached hydrogens (tertiary/aromatic N) is 3. The second-order valence-corrected chi connectivity index (χ2v) is 8.55. The van der Waals surface area contributed by atoms with Gasteiger partial charge in [0.1, 0.15) is 0 Å². The zero-order valence-electron chi connectivity index (χ0n) is 16.7. The lowest BCUT2D eigenvalue weighted by molar-refractivity contribution is 0.515. The Kier molecular flexibility index (Phi) is 4.84. The summed E-state index contributed by atoms with van der Waals surface area (Å²) in [5, 5.41) is 4.31. The van der Waals surface area contributed by atoms with Crippen molar-refractivity contribution in [2.75, 3.05) is 4.90 Å². The summed E-state index contributed by atoms with van der Waals surface area (Å²) in [7, 11) is 0. The predicted octanol–water partition coefficient (Wildman–Crippen LogP) is 5.48. The quantitative estimate of drug-likeness (QED) is 0.586. The van der Waals surface area contributed by atoms with Crippen LogP contribution < -0.4 is 10.2 Å². The molecule has 0 amide bonds. The molecular weight excluding hydrogens is 376 g/mol. The van der Waals surface area contributed by atoms with Gasteiger partial charge in [0, 0.05) is 30.3 Å². The summed E-state index contributed by atoms with van der Waals surface area (Å²) in [4.78, 5) is 6.91. The summed E-state index contributed by atoms with van der Waals surface area (Å²) in [6, 6.07) is 17.6. The highest BCUT2D eigenvalue weighted by atomic mass is 32.1. The lowest BCUT2D eigenvalue weighted by Gasteiger charge is -2.27. The van der Waals surface area contributed by atoms with Gasteiger partial charge in [-0.15, -0.1) is 0 Å². The predicted molar refractivity (Wildman–Crippen MR) is 121 cm³/mol. The molecule has 148 valence electrons. The van der Waals surface area contributed by atoms with E-state index in [4.69, 9.17) is 12.2 Å². The molecule has 4 nitrogen and oxygen atoms in total. The molecule has 3 heterocycles. The zero-order chi connectivity index (χ0) is 19.8. The molecule has 2 aliphatic rings. The van der Waals surface area contributed by atoms with Gasteiger partial charge in [0.2, 0.25) is 0 Å². The molecule has 29 heavy (non-hydrogen) atoms. The summed E-state index contributed by atoms with van der Waals surface area (Å²) < 4.78 is 2.41. The average molecular weight is 403 g/mol. The molecule has 1 saturated carbocycles. The number of anilines is 1. The van der Waals surface area contributed by atoms with Crippen molar-refractivity contribution in [1.82, 2.24) is 14.9 Å². The van der Waals surface area contributed by atoms with Crippen molar-refractivity contribution in [1.29, 1.82) is 0 Å². The van der Waals surface area contributed by atoms with Crippen molar-refractivity contribution in [3.8, 4) is 0 Å². The molecule has 0 radical (unpaired) electrons. The summed E-state index contributed by atoms with van der Waals surface area (Å²) in [5.74, 6) is 0. The molecule has 3 aromatic rings. The zero-order valence-corrected chi connectivity index (χ0v) is 17.5. The van der Waals surface area contributed by atoms with Gasteiger partial charge in [-0.3, -0.25) is 4.98 Å². The van der Waals surface area contributed by atoms with Gasteiger partial charge in [0.05, 0.1) is 17.8 Å². The molecule has 5 heteroatoms. The molecule has 2 atom stereocenters. The van der Waals surface area contributed by atoms with E-state index < -0.39 is 0 Å². The van der Waals surface area contributed by atoms with Gasteiger partial charge in [-0.05, 0) is 73.4 Å². The number of rotatable bonds is 4. The maximum absolute atomic E-state index is 5.81. The van der Waals surface area contributed by atoms with E-state index in [9.17, 15) is 0 Å². The Morgan fingerprint density at radius 2 is 1.93 bits per heavy atom. The Morgan fingerprint density at radius 3 is 2.69 bits per heavy atom. The molecule has 1 saturated heterocycles. The van der Waals surface area contributed by atoms with Crippen molar-refractivity contribution >= 4 is 23.0 Å². The third kappa shape index (κ3) is 3.44. The summed E-state index contributed by atoms with van der Waals surface area (Å²) >= 11 is 5.81. The maximum atomic E-state index is 5.81. The number of pyridine rings is 1. The fourth-order valence-electron chi connectivity index (χ4n) is 4.78. The second kappa shape index (κ2) is 7.64. The first-order chi connectivity index (χ1) is 14.2. The number of thiocarbonyl (C=S) groups is 1. The van der Waals surface area contributed by atoms with Gasteiger partial charge >= 0.3 is 0 Å². The number of aryl methyl sites for hydroxylation is 1. The van der Waals surface area contributed by atoms with Gasteiger partial charge < -0.3 is 14.8 Å². The Labute approximate surface area is 177 Å². The molecule has 5 rings (SSSR count). The van der Waals surface area contributed by atoms with E-state index in [1.165, 1.54) is 36.8 Å². The molecule has 0 spiro atoms. The first-order valence-electron chi connectivity index (χ1n) is 10.5. The second-order valence-electron chi connectivity index (χ2n) is 8.17. The fourth-order valence-corrected chi connectivity index (χ4v) is 5.13. The molecule has 1 N–H and O–H groups in total. The third-order valence-corrected chi connectivity index (χ3v) is 6.52. The molecule has 1 aliphatic carbocycles. The average Bonchev–Trinajstić information content (AvgIpc) is 3.48. The first kappa shape index (κ1) is 18.4. The minimum atomic E-state index is 0.0173. The van der Waals surface area contributed by atoms with Gasteiger partial charge in [-0.25, -0.2) is 0 Å². The topological polar surface area (TPSA) is 33.1 Å². The molecule has 2 fully saturated rings. The van der Waals surface area contributed by atoms with Crippen LogP contribution in [0.1, 0.15) is 60.6 Å². The van der Waals surface area contributed by atoms with E-state index >= 15 is 0 Å². The highest BCUT2D eigenvalue weighted by molar-refractivity contribution is 7.80. The minimum Gasteiger partial charge on any atom is -0.351 e. The van der Waals surface area contributed by atoms with Crippen LogP contribution in [0.4, 0.5) is 5.69 Å². The van der Waals surface area contributed by atoms with Crippen LogP contribution in [-0.2, 0) is 0 Å². The Morgan fingerprint density at radius 1 is 1.07 bits per heavy atom. The van der Waals surface area contributed by atoms with E-state index in [0.29, 0.717) is 6.04 Å². The third-order valence-electron chi connectivity index (χ3n) is 6.20. The van der Waals surface area contributed by atoms with Crippen LogP contribution in [0.25, 0.3) is 0 Å². The molecular formula is C24H26N4S. The van der Waals surface area contributed by atoms with Crippen LogP contribution in [0.5, 0.6) is 0 Å². The Balaban J connectivity index is 1.58. The highest BCUT2D eigenvalue weighted by Gasteiger charge is 2.41. The number of hydrogen-bond acceptors (Lipinski definition) is 2. The highest BCUT2D eigenvalue weighted by Crippen LogP contribution is 2.42. The molecule has 0 unspecified atom stereocenters. The summed E-state index contributed by atoms with van der Waals surface area (Å²) in [5.41, 5.74) is 4.65. The summed E-state index contributed by atoms with van der Waals surface area (Å²) in [6.07, 6.45) is 11.7. The van der Waals surface area contributed by atoms with Crippen LogP contribution in [-0.4, -0.2) is 14.7 Å². The van der Waals surface area contributed by atoms with Crippen LogP contribution in [0.2, 0.25) is 0 Å². The lowest BCUT2D eigenvalue weighted by atomic mass is 9.98. The van der Waals surface area contributed by atoms with Crippen molar-refractivity contribution in [2.45, 2.75) is 50.7 Å².